The fraction of sp³-hybridized carbons (Fsp3) is 0.184. The Morgan fingerprint density at radius 3 is 0.978 bits per heavy atom. The summed E-state index contributed by atoms with van der Waals surface area (Å²) in [6, 6.07) is 79.3. The zero-order chi connectivity index (χ0) is 61.3. The summed E-state index contributed by atoms with van der Waals surface area (Å²) < 4.78 is 75.1. The van der Waals surface area contributed by atoms with Crippen molar-refractivity contribution >= 4 is 11.9 Å². The highest BCUT2D eigenvalue weighted by Gasteiger charge is 2.51. The van der Waals surface area contributed by atoms with Crippen LogP contribution in [0.2, 0.25) is 0 Å². The maximum absolute atomic E-state index is 16.5. The minimum atomic E-state index is -1.67. The number of benzene rings is 10. The van der Waals surface area contributed by atoms with Crippen LogP contribution < -0.4 is 28.4 Å². The molecule has 0 unspecified atom stereocenters. The summed E-state index contributed by atoms with van der Waals surface area (Å²) in [4.78, 5) is 32.5. The van der Waals surface area contributed by atoms with Gasteiger partial charge in [-0.25, -0.2) is 9.59 Å². The number of carbonyl (C=O) groups excluding carboxylic acids is 2. The normalized spacial score (nSPS) is 17.0. The van der Waals surface area contributed by atoms with E-state index in [1.807, 2.05) is 243 Å². The number of ether oxygens (including phenoxy) is 11. The van der Waals surface area contributed by atoms with Crippen LogP contribution >= 0.6 is 0 Å². The summed E-state index contributed by atoms with van der Waals surface area (Å²) in [5.41, 5.74) is 6.06. The largest absolute Gasteiger partial charge is 0.485 e. The third-order valence-electron chi connectivity index (χ3n) is 15.3. The molecule has 0 spiro atoms. The molecule has 12 rings (SSSR count). The van der Waals surface area contributed by atoms with Crippen LogP contribution in [-0.4, -0.2) is 54.4 Å². The fourth-order valence-corrected chi connectivity index (χ4v) is 10.7. The standard InChI is InChI=1S/C76H66O14/c77-74-60-41-62(80-43-52-25-9-1-10-26-52)67(82-45-54-29-13-3-14-30-54)70(84-47-56-33-17-5-18-34-56)65(60)66-61(42-63(81-44-53-27-11-2-12-28-53)68(83-46-55-31-15-4-16-32-55)71(66)85-48-57-35-19-6-20-36-57)75(78)90-69-64(51-88-74)89-76(79)73(87-50-59-39-23-8-24-40-59)72(69)86-49-58-37-21-7-22-38-58/h1-42,64,69,72-73,76,79H,43-51H2/t64-,69-,72+,73-,76-/m1/s1. The van der Waals surface area contributed by atoms with E-state index >= 15 is 9.59 Å². The molecule has 0 saturated carbocycles. The maximum Gasteiger partial charge on any atom is 0.339 e. The second-order valence-electron chi connectivity index (χ2n) is 21.6. The van der Waals surface area contributed by atoms with E-state index in [9.17, 15) is 5.11 Å². The molecule has 0 aliphatic carbocycles. The minimum absolute atomic E-state index is 0.00268. The van der Waals surface area contributed by atoms with Crippen molar-refractivity contribution < 1.29 is 66.8 Å². The fourth-order valence-electron chi connectivity index (χ4n) is 10.7. The van der Waals surface area contributed by atoms with Gasteiger partial charge in [0.05, 0.1) is 24.3 Å². The number of esters is 2. The summed E-state index contributed by atoms with van der Waals surface area (Å²) >= 11 is 0. The van der Waals surface area contributed by atoms with Crippen molar-refractivity contribution in [3.63, 3.8) is 0 Å². The van der Waals surface area contributed by atoms with Crippen LogP contribution in [0.1, 0.15) is 65.2 Å². The van der Waals surface area contributed by atoms with E-state index < -0.39 is 49.3 Å². The first kappa shape index (κ1) is 60.1. The summed E-state index contributed by atoms with van der Waals surface area (Å²) in [5, 5.41) is 12.1. The molecule has 10 aromatic rings. The molecular formula is C76H66O14. The Labute approximate surface area is 522 Å². The van der Waals surface area contributed by atoms with Gasteiger partial charge < -0.3 is 57.2 Å². The smallest absolute Gasteiger partial charge is 0.339 e. The average Bonchev–Trinajstić information content (AvgIpc) is 0.958. The Morgan fingerprint density at radius 2 is 0.633 bits per heavy atom. The van der Waals surface area contributed by atoms with E-state index in [2.05, 4.69) is 0 Å². The van der Waals surface area contributed by atoms with Crippen molar-refractivity contribution in [3.05, 3.63) is 310 Å². The molecule has 1 saturated heterocycles. The minimum Gasteiger partial charge on any atom is -0.485 e. The molecule has 14 heteroatoms. The lowest BCUT2D eigenvalue weighted by molar-refractivity contribution is -0.306. The molecule has 0 bridgehead atoms. The molecule has 0 radical (unpaired) electrons. The Bertz CT molecular complexity index is 3920. The molecule has 2 heterocycles. The first-order valence-corrected chi connectivity index (χ1v) is 29.8. The van der Waals surface area contributed by atoms with Gasteiger partial charge in [-0.3, -0.25) is 0 Å². The van der Waals surface area contributed by atoms with E-state index in [0.29, 0.717) is 0 Å². The van der Waals surface area contributed by atoms with Crippen LogP contribution in [-0.2, 0) is 76.5 Å². The van der Waals surface area contributed by atoms with Gasteiger partial charge >= 0.3 is 11.9 Å². The molecule has 0 aromatic heterocycles. The van der Waals surface area contributed by atoms with Gasteiger partial charge in [0.15, 0.2) is 35.4 Å². The summed E-state index contributed by atoms with van der Waals surface area (Å²) in [6.07, 6.45) is -6.93. The monoisotopic (exact) mass is 1200 g/mol. The van der Waals surface area contributed by atoms with E-state index in [-0.39, 0.29) is 110 Å². The number of fused-ring (bicyclic) bond motifs is 4. The molecule has 2 aliphatic rings. The predicted molar refractivity (Wildman–Crippen MR) is 337 cm³/mol. The Hall–Kier alpha value is -10.2. The van der Waals surface area contributed by atoms with Gasteiger partial charge in [0.1, 0.15) is 64.6 Å². The molecule has 14 nitrogen and oxygen atoms in total. The SMILES string of the molecule is O=C1OC[C@H]2O[C@@H](O)[C@H](OCc3ccccc3)[C@@H](OCc3ccccc3)[C@@H]2OC(=O)c2cc(OCc3ccccc3)c(OCc3ccccc3)c(OCc3ccccc3)c2-c2c1cc(OCc1ccccc1)c(OCc1ccccc1)c2OCc1ccccc1. The third kappa shape index (κ3) is 15.0. The summed E-state index contributed by atoms with van der Waals surface area (Å²) in [5.74, 6) is -1.51. The van der Waals surface area contributed by atoms with Crippen LogP contribution in [0.25, 0.3) is 11.1 Å². The Kier molecular flexibility index (Phi) is 19.8. The molecule has 1 fully saturated rings. The van der Waals surface area contributed by atoms with Gasteiger partial charge in [-0.15, -0.1) is 0 Å². The first-order valence-electron chi connectivity index (χ1n) is 29.8. The number of aliphatic hydroxyl groups is 1. The van der Waals surface area contributed by atoms with E-state index in [1.54, 1.807) is 0 Å². The predicted octanol–water partition coefficient (Wildman–Crippen LogP) is 14.4. The number of rotatable bonds is 24. The lowest BCUT2D eigenvalue weighted by atomic mass is 9.91. The van der Waals surface area contributed by atoms with E-state index in [0.717, 1.165) is 44.5 Å². The van der Waals surface area contributed by atoms with Gasteiger partial charge in [-0.1, -0.05) is 243 Å². The van der Waals surface area contributed by atoms with Crippen LogP contribution in [0, 0.1) is 0 Å². The lowest BCUT2D eigenvalue weighted by Gasteiger charge is -2.43. The maximum atomic E-state index is 16.5. The Morgan fingerprint density at radius 1 is 0.344 bits per heavy atom. The highest BCUT2D eigenvalue weighted by molar-refractivity contribution is 6.09. The highest BCUT2D eigenvalue weighted by Crippen LogP contribution is 2.56. The number of cyclic esters (lactones) is 1. The highest BCUT2D eigenvalue weighted by atomic mass is 16.7. The van der Waals surface area contributed by atoms with Gasteiger partial charge in [0.25, 0.3) is 0 Å². The van der Waals surface area contributed by atoms with Gasteiger partial charge in [-0.2, -0.15) is 0 Å². The van der Waals surface area contributed by atoms with Gasteiger partial charge in [0.2, 0.25) is 11.5 Å². The van der Waals surface area contributed by atoms with Crippen LogP contribution in [0.3, 0.4) is 0 Å². The molecule has 5 atom stereocenters. The van der Waals surface area contributed by atoms with Crippen molar-refractivity contribution in [3.8, 4) is 45.6 Å². The second-order valence-corrected chi connectivity index (χ2v) is 21.6. The molecule has 1 N–H and O–H groups in total. The zero-order valence-corrected chi connectivity index (χ0v) is 49.3. The number of aliphatic hydroxyl groups excluding tert-OH is 1. The van der Waals surface area contributed by atoms with Gasteiger partial charge in [0, 0.05) is 11.1 Å². The molecule has 90 heavy (non-hydrogen) atoms. The first-order chi connectivity index (χ1) is 44.4. The number of hydrogen-bond donors (Lipinski definition) is 1. The lowest BCUT2D eigenvalue weighted by Crippen LogP contribution is -2.61. The van der Waals surface area contributed by atoms with Crippen molar-refractivity contribution in [2.75, 3.05) is 6.61 Å². The number of hydrogen-bond acceptors (Lipinski definition) is 14. The van der Waals surface area contributed by atoms with Crippen LogP contribution in [0.5, 0.6) is 34.5 Å². The average molecular weight is 1200 g/mol. The zero-order valence-electron chi connectivity index (χ0n) is 49.3. The quantitative estimate of drug-likeness (QED) is 0.0570. The molecule has 0 amide bonds. The summed E-state index contributed by atoms with van der Waals surface area (Å²) in [7, 11) is 0. The topological polar surface area (TPSA) is 156 Å². The number of carbonyl (C=O) groups is 2. The van der Waals surface area contributed by atoms with Crippen LogP contribution in [0.4, 0.5) is 0 Å². The van der Waals surface area contributed by atoms with E-state index in [4.69, 9.17) is 52.1 Å². The molecule has 2 aliphatic heterocycles. The van der Waals surface area contributed by atoms with Crippen molar-refractivity contribution in [1.82, 2.24) is 0 Å². The second kappa shape index (κ2) is 29.7. The molecule has 454 valence electrons. The van der Waals surface area contributed by atoms with E-state index in [1.165, 1.54) is 12.1 Å². The molecule has 10 aromatic carbocycles. The third-order valence-corrected chi connectivity index (χ3v) is 15.3. The van der Waals surface area contributed by atoms with Crippen LogP contribution in [0.15, 0.2) is 255 Å². The van der Waals surface area contributed by atoms with Crippen molar-refractivity contribution in [2.24, 2.45) is 0 Å². The Balaban J connectivity index is 1.12. The van der Waals surface area contributed by atoms with Gasteiger partial charge in [-0.05, 0) is 56.6 Å². The summed E-state index contributed by atoms with van der Waals surface area (Å²) in [6.45, 7) is -0.588. The van der Waals surface area contributed by atoms with Crippen molar-refractivity contribution in [2.45, 2.75) is 83.6 Å². The van der Waals surface area contributed by atoms with Crippen molar-refractivity contribution in [1.29, 1.82) is 0 Å². The molecular weight excluding hydrogens is 1140 g/mol.